The number of aromatic nitrogens is 6. The summed E-state index contributed by atoms with van der Waals surface area (Å²) in [6, 6.07) is -19.1. The van der Waals surface area contributed by atoms with Crippen LogP contribution < -0.4 is 0 Å². The van der Waals surface area contributed by atoms with Gasteiger partial charge in [-0.2, -0.15) is 9.97 Å². The Morgan fingerprint density at radius 1 is 0.455 bits per heavy atom. The van der Waals surface area contributed by atoms with E-state index >= 15 is 0 Å². The number of nitrogens with zero attached hydrogens (tertiary/aromatic N) is 6. The van der Waals surface area contributed by atoms with Crippen LogP contribution in [0.5, 0.6) is 0 Å². The molecule has 9 aromatic rings. The molecule has 4 aromatic heterocycles. The Hall–Kier alpha value is -6.14. The van der Waals surface area contributed by atoms with E-state index in [1.165, 1.54) is 0 Å². The van der Waals surface area contributed by atoms with Crippen molar-refractivity contribution in [2.45, 2.75) is 0 Å². The Morgan fingerprint density at radius 3 is 1.73 bits per heavy atom. The molecule has 0 saturated heterocycles. The van der Waals surface area contributed by atoms with Crippen LogP contribution >= 0.6 is 0 Å². The van der Waals surface area contributed by atoms with E-state index in [-0.39, 0.29) is 0 Å². The minimum atomic E-state index is -1.01. The summed E-state index contributed by atoms with van der Waals surface area (Å²) in [5.41, 5.74) is -4.59. The lowest BCUT2D eigenvalue weighted by atomic mass is 10.1. The zero-order valence-electron chi connectivity index (χ0n) is 45.7. The van der Waals surface area contributed by atoms with E-state index < -0.39 is 223 Å². The van der Waals surface area contributed by atoms with Crippen LogP contribution in [0.25, 0.3) is 78.0 Å². The molecule has 0 N–H and O–H groups in total. The van der Waals surface area contributed by atoms with Crippen molar-refractivity contribution < 1.29 is 32.9 Å². The summed E-state index contributed by atoms with van der Waals surface area (Å²) in [6.07, 6.45) is -1.61. The molecule has 0 bridgehead atoms. The van der Waals surface area contributed by atoms with Crippen molar-refractivity contribution in [2.75, 3.05) is 0 Å². The molecule has 0 spiro atoms. The zero-order chi connectivity index (χ0) is 49.9. The first-order valence-corrected chi connectivity index (χ1v) is 12.6. The quantitative estimate of drug-likeness (QED) is 0.206. The van der Waals surface area contributed by atoms with Gasteiger partial charge in [0.15, 0.2) is 11.6 Å². The van der Waals surface area contributed by atoms with Gasteiger partial charge in [-0.1, -0.05) is 96.7 Å². The minimum absolute atomic E-state index is 0.434. The third kappa shape index (κ3) is 3.68. The van der Waals surface area contributed by atoms with Gasteiger partial charge in [0.25, 0.3) is 0 Å². The molecular weight excluding hydrogens is 540 g/mol. The third-order valence-corrected chi connectivity index (χ3v) is 6.69. The molecule has 6 heteroatoms. The molecule has 206 valence electrons. The van der Waals surface area contributed by atoms with E-state index in [0.717, 1.165) is 9.13 Å². The van der Waals surface area contributed by atoms with E-state index in [4.69, 9.17) is 30.2 Å². The summed E-state index contributed by atoms with van der Waals surface area (Å²) >= 11 is 0. The largest absolute Gasteiger partial charge is 0.308 e. The first-order chi connectivity index (χ1) is 31.8. The monoisotopic (exact) mass is 588 g/mol. The first kappa shape index (κ1) is 10.5. The molecule has 0 atom stereocenters. The molecule has 6 nitrogen and oxygen atoms in total. The van der Waals surface area contributed by atoms with Crippen molar-refractivity contribution in [2.24, 2.45) is 0 Å². The molecule has 5 aromatic carbocycles. The number of hydrogen-bond donors (Lipinski definition) is 0. The van der Waals surface area contributed by atoms with Crippen molar-refractivity contribution in [1.29, 1.82) is 0 Å². The second-order valence-electron chi connectivity index (χ2n) is 9.03. The Bertz CT molecular complexity index is 3760. The fourth-order valence-electron chi connectivity index (χ4n) is 4.92. The van der Waals surface area contributed by atoms with Crippen LogP contribution in [-0.4, -0.2) is 29.1 Å². The molecule has 0 aliphatic heterocycles. The van der Waals surface area contributed by atoms with Crippen molar-refractivity contribution in [3.05, 3.63) is 145 Å². The summed E-state index contributed by atoms with van der Waals surface area (Å²) in [5, 5.41) is -1.80. The maximum absolute atomic E-state index is 9.38. The number of hydrogen-bond acceptors (Lipinski definition) is 4. The van der Waals surface area contributed by atoms with Crippen LogP contribution in [-0.2, 0) is 0 Å². The fourth-order valence-corrected chi connectivity index (χ4v) is 4.92. The molecule has 0 aliphatic carbocycles. The molecule has 0 saturated carbocycles. The molecule has 0 amide bonds. The first-order valence-electron chi connectivity index (χ1n) is 24.6. The van der Waals surface area contributed by atoms with Gasteiger partial charge in [-0.15, -0.1) is 0 Å². The van der Waals surface area contributed by atoms with Crippen molar-refractivity contribution in [1.82, 2.24) is 29.1 Å². The summed E-state index contributed by atoms with van der Waals surface area (Å²) in [4.78, 5) is 17.1. The van der Waals surface area contributed by atoms with Gasteiger partial charge >= 0.3 is 0 Å². The number of fused-ring (bicyclic) bond motifs is 6. The van der Waals surface area contributed by atoms with Crippen LogP contribution in [0.2, 0.25) is 0 Å². The predicted octanol–water partition coefficient (Wildman–Crippen LogP) is 8.79. The highest BCUT2D eigenvalue weighted by atomic mass is 15.2. The molecule has 0 radical (unpaired) electrons. The summed E-state index contributed by atoms with van der Waals surface area (Å²) in [6.45, 7) is 0. The van der Waals surface area contributed by atoms with Gasteiger partial charge in [0.2, 0.25) is 5.95 Å². The number of pyridine rings is 1. The summed E-state index contributed by atoms with van der Waals surface area (Å²) in [5.74, 6) is -2.61. The van der Waals surface area contributed by atoms with Gasteiger partial charge in [-0.25, -0.2) is 4.98 Å². The average Bonchev–Trinajstić information content (AvgIpc) is 3.86. The van der Waals surface area contributed by atoms with Crippen molar-refractivity contribution >= 4 is 43.6 Å². The van der Waals surface area contributed by atoms with Gasteiger partial charge in [0, 0.05) is 45.0 Å². The van der Waals surface area contributed by atoms with Gasteiger partial charge in [0.05, 0.1) is 60.7 Å². The molecule has 0 aliphatic rings. The van der Waals surface area contributed by atoms with Crippen molar-refractivity contribution in [3.63, 3.8) is 0 Å². The standard InChI is InChI=1S/C38H24N6/c1-2-12-25(13-3-1)36-40-37(42-38(41-36)44-32-19-9-4-14-26(32)27-15-5-10-20-33(27)44)29-17-7-11-21-34(29)43-31-18-8-6-16-28(31)30-24-39-23-22-35(30)43/h1-24H/i1D,2D,3D,4D,5D,6D,7D,8D,9D,10D,11D,12D,13D,14D,15D,16D,17D,18D,19D,20D,21D,22D,23D,24D. The maximum Gasteiger partial charge on any atom is 0.238 e. The SMILES string of the molecule is [2H]c1nc([2H])c2c3c([2H])c([2H])c([2H])c([2H])c3n(-c3c([2H])c([2H])c([2H])c([2H])c3-c3nc(-c4c([2H])c([2H])c([2H])c([2H])c4[2H])nc(-n4c5c([2H])c([2H])c([2H])c([2H])c5c5c([2H])c([2H])c([2H])c([2H])c54)n3)c2c1[2H]. The van der Waals surface area contributed by atoms with Gasteiger partial charge in [0.1, 0.15) is 0 Å². The normalized spacial score (nSPS) is 19.3. The Morgan fingerprint density at radius 2 is 1.00 bits per heavy atom. The highest BCUT2D eigenvalue weighted by Gasteiger charge is 2.20. The van der Waals surface area contributed by atoms with E-state index in [2.05, 4.69) is 19.9 Å². The lowest BCUT2D eigenvalue weighted by Crippen LogP contribution is -2.07. The third-order valence-electron chi connectivity index (χ3n) is 6.69. The number of benzene rings is 5. The van der Waals surface area contributed by atoms with Crippen LogP contribution in [0.3, 0.4) is 0 Å². The smallest absolute Gasteiger partial charge is 0.238 e. The highest BCUT2D eigenvalue weighted by molar-refractivity contribution is 6.10. The van der Waals surface area contributed by atoms with Crippen LogP contribution in [0.1, 0.15) is 32.9 Å². The molecule has 0 unspecified atom stereocenters. The topological polar surface area (TPSA) is 61.4 Å². The number of para-hydroxylation sites is 4. The Balaban J connectivity index is 1.59. The van der Waals surface area contributed by atoms with Gasteiger partial charge in [-0.3, -0.25) is 9.55 Å². The lowest BCUT2D eigenvalue weighted by molar-refractivity contribution is 0.951. The van der Waals surface area contributed by atoms with E-state index in [1.807, 2.05) is 0 Å². The summed E-state index contributed by atoms with van der Waals surface area (Å²) < 4.78 is 212. The summed E-state index contributed by atoms with van der Waals surface area (Å²) in [7, 11) is 0. The molecule has 0 fully saturated rings. The molecule has 9 rings (SSSR count). The Labute approximate surface area is 286 Å². The fraction of sp³-hybridized carbons (Fsp3) is 0. The second kappa shape index (κ2) is 9.71. The van der Waals surface area contributed by atoms with Crippen LogP contribution in [0.15, 0.2) is 145 Å². The lowest BCUT2D eigenvalue weighted by Gasteiger charge is -2.15. The van der Waals surface area contributed by atoms with Crippen molar-refractivity contribution in [3.8, 4) is 34.4 Å². The molecule has 4 heterocycles. The van der Waals surface area contributed by atoms with E-state index in [1.54, 1.807) is 0 Å². The van der Waals surface area contributed by atoms with E-state index in [9.17, 15) is 2.74 Å². The second-order valence-corrected chi connectivity index (χ2v) is 9.03. The van der Waals surface area contributed by atoms with Crippen LogP contribution in [0.4, 0.5) is 0 Å². The maximum atomic E-state index is 9.38. The highest BCUT2D eigenvalue weighted by Crippen LogP contribution is 2.36. The average molecular weight is 589 g/mol. The number of rotatable bonds is 4. The van der Waals surface area contributed by atoms with Gasteiger partial charge < -0.3 is 4.57 Å². The molecular formula is C38H24N6. The minimum Gasteiger partial charge on any atom is -0.308 e. The molecule has 44 heavy (non-hydrogen) atoms. The predicted molar refractivity (Wildman–Crippen MR) is 177 cm³/mol. The Kier molecular flexibility index (Phi) is 2.33. The zero-order valence-corrected chi connectivity index (χ0v) is 21.7. The van der Waals surface area contributed by atoms with Gasteiger partial charge in [-0.05, 0) is 36.3 Å². The van der Waals surface area contributed by atoms with E-state index in [0.29, 0.717) is 0 Å². The van der Waals surface area contributed by atoms with Crippen LogP contribution in [0, 0.1) is 0 Å².